The average Bonchev–Trinajstić information content (AvgIpc) is 3.19. The zero-order valence-electron chi connectivity index (χ0n) is 18.1. The first-order valence-corrected chi connectivity index (χ1v) is 10.8. The van der Waals surface area contributed by atoms with Crippen molar-refractivity contribution in [2.45, 2.75) is 59.7 Å². The number of alkyl halides is 3. The number of nitrogens with one attached hydrogen (secondary N) is 1. The van der Waals surface area contributed by atoms with Gasteiger partial charge in [0, 0.05) is 10.6 Å². The fraction of sp³-hybridized carbons (Fsp3) is 0.571. The highest BCUT2D eigenvalue weighted by atomic mass is 32.1. The molecule has 1 aliphatic carbocycles. The standard InChI is InChI=1S/C21H26F3N3O3S/c1-11-8-15(21(22,23)24)26-27(11)10-16(28)25-18-17(19(29)30-5)13-7-6-12(20(2,3)4)9-14(13)31-18/h8,12H,6-7,9-10H2,1-5H3,(H,25,28)/t12-/m1/s1. The molecule has 1 atom stereocenters. The third kappa shape index (κ3) is 4.94. The SMILES string of the molecule is COC(=O)c1c(NC(=O)Cn2nc(C(F)(F)F)cc2C)sc2c1CC[C@@H](C(C)(C)C)C2. The van der Waals surface area contributed by atoms with Crippen molar-refractivity contribution in [3.8, 4) is 0 Å². The molecule has 0 spiro atoms. The molecule has 0 saturated heterocycles. The summed E-state index contributed by atoms with van der Waals surface area (Å²) in [5.74, 6) is -0.645. The summed E-state index contributed by atoms with van der Waals surface area (Å²) < 4.78 is 44.5. The van der Waals surface area contributed by atoms with E-state index in [1.807, 2.05) is 0 Å². The zero-order valence-corrected chi connectivity index (χ0v) is 19.0. The van der Waals surface area contributed by atoms with Gasteiger partial charge in [-0.3, -0.25) is 9.48 Å². The molecule has 1 aliphatic rings. The third-order valence-corrected chi connectivity index (χ3v) is 6.87. The number of fused-ring (bicyclic) bond motifs is 1. The summed E-state index contributed by atoms with van der Waals surface area (Å²) in [6, 6.07) is 0.893. The smallest absolute Gasteiger partial charge is 0.435 e. The third-order valence-electron chi connectivity index (χ3n) is 5.70. The number of aromatic nitrogens is 2. The Kier molecular flexibility index (Phi) is 6.23. The van der Waals surface area contributed by atoms with Crippen LogP contribution in [0.3, 0.4) is 0 Å². The van der Waals surface area contributed by atoms with E-state index in [1.165, 1.54) is 25.4 Å². The van der Waals surface area contributed by atoms with Crippen LogP contribution in [0.15, 0.2) is 6.07 Å². The summed E-state index contributed by atoms with van der Waals surface area (Å²) in [7, 11) is 1.28. The first-order chi connectivity index (χ1) is 14.3. The maximum absolute atomic E-state index is 12.9. The number of hydrogen-bond acceptors (Lipinski definition) is 5. The van der Waals surface area contributed by atoms with Crippen molar-refractivity contribution in [2.75, 3.05) is 12.4 Å². The number of nitrogens with zero attached hydrogens (tertiary/aromatic N) is 2. The predicted octanol–water partition coefficient (Wildman–Crippen LogP) is 4.85. The fourth-order valence-corrected chi connectivity index (χ4v) is 5.17. The molecule has 0 saturated carbocycles. The number of carbonyl (C=O) groups excluding carboxylic acids is 2. The van der Waals surface area contributed by atoms with E-state index in [0.29, 0.717) is 22.9 Å². The number of ether oxygens (including phenoxy) is 1. The van der Waals surface area contributed by atoms with Crippen LogP contribution < -0.4 is 5.32 Å². The van der Waals surface area contributed by atoms with Crippen LogP contribution in [0.5, 0.6) is 0 Å². The number of amides is 1. The minimum Gasteiger partial charge on any atom is -0.465 e. The number of halogens is 3. The summed E-state index contributed by atoms with van der Waals surface area (Å²) in [5, 5.41) is 6.55. The summed E-state index contributed by atoms with van der Waals surface area (Å²) in [4.78, 5) is 26.1. The number of esters is 1. The highest BCUT2D eigenvalue weighted by Crippen LogP contribution is 2.44. The van der Waals surface area contributed by atoms with Gasteiger partial charge in [-0.05, 0) is 49.1 Å². The maximum atomic E-state index is 12.9. The molecule has 2 aromatic heterocycles. The monoisotopic (exact) mass is 457 g/mol. The van der Waals surface area contributed by atoms with Crippen LogP contribution in [0, 0.1) is 18.3 Å². The molecule has 31 heavy (non-hydrogen) atoms. The molecule has 2 heterocycles. The van der Waals surface area contributed by atoms with Crippen molar-refractivity contribution in [3.05, 3.63) is 33.5 Å². The zero-order chi connectivity index (χ0) is 23.1. The van der Waals surface area contributed by atoms with E-state index in [9.17, 15) is 22.8 Å². The van der Waals surface area contributed by atoms with Gasteiger partial charge >= 0.3 is 12.1 Å². The van der Waals surface area contributed by atoms with E-state index in [4.69, 9.17) is 4.74 Å². The lowest BCUT2D eigenvalue weighted by atomic mass is 9.72. The molecule has 1 N–H and O–H groups in total. The van der Waals surface area contributed by atoms with Gasteiger partial charge in [-0.15, -0.1) is 11.3 Å². The summed E-state index contributed by atoms with van der Waals surface area (Å²) in [5.41, 5.74) is 0.519. The highest BCUT2D eigenvalue weighted by Gasteiger charge is 2.36. The largest absolute Gasteiger partial charge is 0.465 e. The van der Waals surface area contributed by atoms with Crippen molar-refractivity contribution in [1.29, 1.82) is 0 Å². The molecule has 2 aromatic rings. The van der Waals surface area contributed by atoms with E-state index in [-0.39, 0.29) is 11.1 Å². The highest BCUT2D eigenvalue weighted by molar-refractivity contribution is 7.17. The van der Waals surface area contributed by atoms with Crippen LogP contribution in [-0.4, -0.2) is 28.8 Å². The first kappa shape index (κ1) is 23.3. The Balaban J connectivity index is 1.84. The minimum atomic E-state index is -4.58. The predicted molar refractivity (Wildman–Crippen MR) is 111 cm³/mol. The van der Waals surface area contributed by atoms with Crippen molar-refractivity contribution < 1.29 is 27.5 Å². The average molecular weight is 458 g/mol. The fourth-order valence-electron chi connectivity index (χ4n) is 3.84. The molecule has 3 rings (SSSR count). The molecule has 0 aliphatic heterocycles. The summed E-state index contributed by atoms with van der Waals surface area (Å²) >= 11 is 1.34. The second kappa shape index (κ2) is 8.29. The molecule has 0 aromatic carbocycles. The van der Waals surface area contributed by atoms with Gasteiger partial charge in [0.2, 0.25) is 5.91 Å². The summed E-state index contributed by atoms with van der Waals surface area (Å²) in [6.07, 6.45) is -2.14. The number of thiophene rings is 1. The molecule has 0 fully saturated rings. The number of hydrogen-bond donors (Lipinski definition) is 1. The van der Waals surface area contributed by atoms with Gasteiger partial charge < -0.3 is 10.1 Å². The summed E-state index contributed by atoms with van der Waals surface area (Å²) in [6.45, 7) is 7.60. The number of carbonyl (C=O) groups is 2. The second-order valence-corrected chi connectivity index (χ2v) is 9.98. The molecule has 0 bridgehead atoms. The van der Waals surface area contributed by atoms with Gasteiger partial charge in [-0.2, -0.15) is 18.3 Å². The Labute approximate surface area is 182 Å². The maximum Gasteiger partial charge on any atom is 0.435 e. The minimum absolute atomic E-state index is 0.115. The molecular weight excluding hydrogens is 431 g/mol. The normalized spacial score (nSPS) is 16.7. The van der Waals surface area contributed by atoms with Gasteiger partial charge in [0.05, 0.1) is 12.7 Å². The van der Waals surface area contributed by atoms with Gasteiger partial charge in [0.1, 0.15) is 11.5 Å². The Morgan fingerprint density at radius 1 is 1.32 bits per heavy atom. The van der Waals surface area contributed by atoms with Crippen LogP contribution in [0.4, 0.5) is 18.2 Å². The quantitative estimate of drug-likeness (QED) is 0.667. The molecule has 10 heteroatoms. The van der Waals surface area contributed by atoms with Crippen LogP contribution in [0.1, 0.15) is 59.4 Å². The van der Waals surface area contributed by atoms with Crippen molar-refractivity contribution >= 4 is 28.2 Å². The Hall–Kier alpha value is -2.36. The number of rotatable bonds is 4. The van der Waals surface area contributed by atoms with Crippen LogP contribution in [0.2, 0.25) is 0 Å². The molecule has 6 nitrogen and oxygen atoms in total. The van der Waals surface area contributed by atoms with Crippen LogP contribution >= 0.6 is 11.3 Å². The Morgan fingerprint density at radius 3 is 2.55 bits per heavy atom. The molecule has 0 unspecified atom stereocenters. The number of anilines is 1. The Bertz CT molecular complexity index is 1000. The van der Waals surface area contributed by atoms with Crippen molar-refractivity contribution in [1.82, 2.24) is 9.78 Å². The van der Waals surface area contributed by atoms with Crippen LogP contribution in [0.25, 0.3) is 0 Å². The van der Waals surface area contributed by atoms with Crippen molar-refractivity contribution in [2.24, 2.45) is 11.3 Å². The topological polar surface area (TPSA) is 73.2 Å². The first-order valence-electron chi connectivity index (χ1n) is 9.95. The second-order valence-electron chi connectivity index (χ2n) is 8.88. The van der Waals surface area contributed by atoms with E-state index >= 15 is 0 Å². The van der Waals surface area contributed by atoms with E-state index in [0.717, 1.165) is 34.0 Å². The van der Waals surface area contributed by atoms with Gasteiger partial charge in [-0.25, -0.2) is 4.79 Å². The lowest BCUT2D eigenvalue weighted by molar-refractivity contribution is -0.141. The van der Waals surface area contributed by atoms with E-state index < -0.39 is 30.3 Å². The van der Waals surface area contributed by atoms with Crippen LogP contribution in [-0.2, 0) is 35.1 Å². The lowest BCUT2D eigenvalue weighted by Gasteiger charge is -2.33. The number of methoxy groups -OCH3 is 1. The van der Waals surface area contributed by atoms with Crippen molar-refractivity contribution in [3.63, 3.8) is 0 Å². The van der Waals surface area contributed by atoms with Gasteiger partial charge in [0.15, 0.2) is 5.69 Å². The lowest BCUT2D eigenvalue weighted by Crippen LogP contribution is -2.26. The number of aryl methyl sites for hydroxylation is 1. The van der Waals surface area contributed by atoms with E-state index in [1.54, 1.807) is 0 Å². The molecular formula is C21H26F3N3O3S. The molecule has 0 radical (unpaired) electrons. The molecule has 1 amide bonds. The van der Waals surface area contributed by atoms with E-state index in [2.05, 4.69) is 31.2 Å². The Morgan fingerprint density at radius 2 is 2.00 bits per heavy atom. The molecule has 170 valence electrons. The van der Waals surface area contributed by atoms with Gasteiger partial charge in [0.25, 0.3) is 0 Å². The van der Waals surface area contributed by atoms with Gasteiger partial charge in [-0.1, -0.05) is 20.8 Å².